The maximum Gasteiger partial charge on any atom is 0.338 e. The quantitative estimate of drug-likeness (QED) is 0.347. The molecule has 0 saturated carbocycles. The van der Waals surface area contributed by atoms with Crippen LogP contribution in [0.5, 0.6) is 17.2 Å². The second kappa shape index (κ2) is 14.3. The average Bonchev–Trinajstić information content (AvgIpc) is 2.75. The van der Waals surface area contributed by atoms with Gasteiger partial charge < -0.3 is 28.4 Å². The largest absolute Gasteiger partial charge is 0.493 e. The van der Waals surface area contributed by atoms with Gasteiger partial charge in [-0.2, -0.15) is 0 Å². The molecule has 1 heterocycles. The van der Waals surface area contributed by atoms with Crippen LogP contribution in [-0.2, 0) is 14.2 Å². The van der Waals surface area contributed by atoms with E-state index < -0.39 is 5.97 Å². The Balaban J connectivity index is 0.00000480. The molecule has 1 aliphatic heterocycles. The first-order chi connectivity index (χ1) is 14.5. The Morgan fingerprint density at radius 3 is 2.19 bits per heavy atom. The first kappa shape index (κ1) is 27.3. The highest BCUT2D eigenvalue weighted by Gasteiger charge is 2.23. The lowest BCUT2D eigenvalue weighted by Gasteiger charge is -2.30. The highest BCUT2D eigenvalue weighted by molar-refractivity contribution is 5.91. The standard InChI is InChI=1S/C22H35NO7.ClH/c1-16(2)6-9-29-15-18(14-23-7-10-28-11-8-23)30-22(24)17-12-19(25-3)21(27-5)20(13-17)26-4;/h12-13,16,18H,6-11,14-15H2,1-5H3;1H. The third kappa shape index (κ3) is 8.73. The van der Waals surface area contributed by atoms with Crippen molar-refractivity contribution in [2.45, 2.75) is 26.4 Å². The van der Waals surface area contributed by atoms with E-state index in [4.69, 9.17) is 28.4 Å². The molecule has 9 heteroatoms. The Labute approximate surface area is 191 Å². The van der Waals surface area contributed by atoms with Crippen molar-refractivity contribution >= 4 is 18.4 Å². The predicted molar refractivity (Wildman–Crippen MR) is 120 cm³/mol. The highest BCUT2D eigenvalue weighted by Crippen LogP contribution is 2.38. The van der Waals surface area contributed by atoms with Crippen LogP contribution in [0, 0.1) is 5.92 Å². The molecule has 1 aromatic rings. The molecule has 0 N–H and O–H groups in total. The number of halogens is 1. The van der Waals surface area contributed by atoms with Gasteiger partial charge in [-0.25, -0.2) is 4.79 Å². The summed E-state index contributed by atoms with van der Waals surface area (Å²) >= 11 is 0. The molecular formula is C22H36ClNO7. The number of esters is 1. The first-order valence-corrected chi connectivity index (χ1v) is 10.4. The molecule has 0 aromatic heterocycles. The van der Waals surface area contributed by atoms with Gasteiger partial charge >= 0.3 is 5.97 Å². The van der Waals surface area contributed by atoms with Crippen LogP contribution in [0.2, 0.25) is 0 Å². The lowest BCUT2D eigenvalue weighted by Crippen LogP contribution is -2.43. The molecule has 0 bridgehead atoms. The Hall–Kier alpha value is -1.74. The van der Waals surface area contributed by atoms with Crippen molar-refractivity contribution < 1.29 is 33.2 Å². The molecule has 31 heavy (non-hydrogen) atoms. The molecule has 0 radical (unpaired) electrons. The molecule has 8 nitrogen and oxygen atoms in total. The summed E-state index contributed by atoms with van der Waals surface area (Å²) in [6, 6.07) is 3.18. The van der Waals surface area contributed by atoms with E-state index in [1.54, 1.807) is 12.1 Å². The summed E-state index contributed by atoms with van der Waals surface area (Å²) in [5, 5.41) is 0. The van der Waals surface area contributed by atoms with Crippen LogP contribution in [-0.4, -0.2) is 84.4 Å². The van der Waals surface area contributed by atoms with Gasteiger partial charge in [0.15, 0.2) is 11.5 Å². The summed E-state index contributed by atoms with van der Waals surface area (Å²) in [4.78, 5) is 15.1. The molecule has 0 spiro atoms. The average molecular weight is 462 g/mol. The van der Waals surface area contributed by atoms with E-state index in [0.717, 1.165) is 19.5 Å². The number of hydrogen-bond acceptors (Lipinski definition) is 8. The van der Waals surface area contributed by atoms with Crippen molar-refractivity contribution in [3.05, 3.63) is 17.7 Å². The van der Waals surface area contributed by atoms with Crippen LogP contribution in [0.1, 0.15) is 30.6 Å². The zero-order chi connectivity index (χ0) is 21.9. The van der Waals surface area contributed by atoms with E-state index in [9.17, 15) is 4.79 Å². The number of carbonyl (C=O) groups is 1. The molecule has 1 atom stereocenters. The van der Waals surface area contributed by atoms with Crippen molar-refractivity contribution in [3.63, 3.8) is 0 Å². The molecule has 1 fully saturated rings. The van der Waals surface area contributed by atoms with E-state index in [2.05, 4.69) is 18.7 Å². The fourth-order valence-corrected chi connectivity index (χ4v) is 3.15. The van der Waals surface area contributed by atoms with Crippen LogP contribution in [0.3, 0.4) is 0 Å². The minimum atomic E-state index is -0.458. The van der Waals surface area contributed by atoms with Crippen LogP contribution < -0.4 is 14.2 Å². The number of hydrogen-bond donors (Lipinski definition) is 0. The van der Waals surface area contributed by atoms with E-state index in [1.807, 2.05) is 0 Å². The minimum Gasteiger partial charge on any atom is -0.493 e. The van der Waals surface area contributed by atoms with Gasteiger partial charge in [-0.1, -0.05) is 13.8 Å². The number of benzene rings is 1. The summed E-state index contributed by atoms with van der Waals surface area (Å²) in [7, 11) is 4.54. The third-order valence-electron chi connectivity index (χ3n) is 4.88. The van der Waals surface area contributed by atoms with Crippen LogP contribution >= 0.6 is 12.4 Å². The monoisotopic (exact) mass is 461 g/mol. The van der Waals surface area contributed by atoms with E-state index in [-0.39, 0.29) is 18.5 Å². The minimum absolute atomic E-state index is 0. The summed E-state index contributed by atoms with van der Waals surface area (Å²) in [6.45, 7) is 8.87. The van der Waals surface area contributed by atoms with Crippen molar-refractivity contribution in [1.29, 1.82) is 0 Å². The molecule has 1 unspecified atom stereocenters. The number of carbonyl (C=O) groups excluding carboxylic acids is 1. The molecule has 2 rings (SSSR count). The predicted octanol–water partition coefficient (Wildman–Crippen LogP) is 3.05. The maximum absolute atomic E-state index is 12.9. The lowest BCUT2D eigenvalue weighted by atomic mass is 10.1. The highest BCUT2D eigenvalue weighted by atomic mass is 35.5. The van der Waals surface area contributed by atoms with Gasteiger partial charge in [-0.15, -0.1) is 12.4 Å². The summed E-state index contributed by atoms with van der Waals surface area (Å²) in [5.41, 5.74) is 0.332. The Kier molecular flexibility index (Phi) is 12.6. The fraction of sp³-hybridized carbons (Fsp3) is 0.682. The van der Waals surface area contributed by atoms with Gasteiger partial charge in [-0.05, 0) is 24.5 Å². The molecular weight excluding hydrogens is 426 g/mol. The Morgan fingerprint density at radius 2 is 1.68 bits per heavy atom. The fourth-order valence-electron chi connectivity index (χ4n) is 3.15. The SMILES string of the molecule is COc1cc(C(=O)OC(COCCC(C)C)CN2CCOCC2)cc(OC)c1OC.Cl. The zero-order valence-corrected chi connectivity index (χ0v) is 20.0. The lowest BCUT2D eigenvalue weighted by molar-refractivity contribution is -0.0331. The Bertz CT molecular complexity index is 640. The van der Waals surface area contributed by atoms with Gasteiger partial charge in [0.05, 0.1) is 46.7 Å². The van der Waals surface area contributed by atoms with Crippen LogP contribution in [0.15, 0.2) is 12.1 Å². The molecule has 0 aliphatic carbocycles. The number of rotatable bonds is 12. The van der Waals surface area contributed by atoms with Gasteiger partial charge in [0.1, 0.15) is 6.10 Å². The number of methoxy groups -OCH3 is 3. The molecule has 1 aromatic carbocycles. The molecule has 0 amide bonds. The molecule has 1 aliphatic rings. The molecule has 178 valence electrons. The number of morpholine rings is 1. The number of nitrogens with zero attached hydrogens (tertiary/aromatic N) is 1. The van der Waals surface area contributed by atoms with Gasteiger partial charge in [0, 0.05) is 26.2 Å². The van der Waals surface area contributed by atoms with Gasteiger partial charge in [0.25, 0.3) is 0 Å². The van der Waals surface area contributed by atoms with Crippen molar-refractivity contribution in [3.8, 4) is 17.2 Å². The van der Waals surface area contributed by atoms with Crippen molar-refractivity contribution in [2.75, 3.05) is 67.4 Å². The maximum atomic E-state index is 12.9. The van der Waals surface area contributed by atoms with Crippen LogP contribution in [0.25, 0.3) is 0 Å². The normalized spacial score (nSPS) is 15.2. The van der Waals surface area contributed by atoms with E-state index in [0.29, 0.717) is 61.7 Å². The third-order valence-corrected chi connectivity index (χ3v) is 4.88. The van der Waals surface area contributed by atoms with Gasteiger partial charge in [0.2, 0.25) is 5.75 Å². The zero-order valence-electron chi connectivity index (χ0n) is 19.2. The summed E-state index contributed by atoms with van der Waals surface area (Å²) < 4.78 is 33.0. The number of ether oxygens (including phenoxy) is 6. The smallest absolute Gasteiger partial charge is 0.338 e. The van der Waals surface area contributed by atoms with E-state index in [1.165, 1.54) is 21.3 Å². The molecule has 1 saturated heterocycles. The topological polar surface area (TPSA) is 75.7 Å². The second-order valence-corrected chi connectivity index (χ2v) is 7.61. The van der Waals surface area contributed by atoms with E-state index >= 15 is 0 Å². The van der Waals surface area contributed by atoms with Crippen molar-refractivity contribution in [2.24, 2.45) is 5.92 Å². The second-order valence-electron chi connectivity index (χ2n) is 7.61. The van der Waals surface area contributed by atoms with Crippen molar-refractivity contribution in [1.82, 2.24) is 4.90 Å². The van der Waals surface area contributed by atoms with Gasteiger partial charge in [-0.3, -0.25) is 4.90 Å². The first-order valence-electron chi connectivity index (χ1n) is 10.4. The van der Waals surface area contributed by atoms with Crippen LogP contribution in [0.4, 0.5) is 0 Å². The summed E-state index contributed by atoms with van der Waals surface area (Å²) in [5.74, 6) is 1.34. The summed E-state index contributed by atoms with van der Waals surface area (Å²) in [6.07, 6.45) is 0.576. The Morgan fingerprint density at radius 1 is 1.06 bits per heavy atom.